The van der Waals surface area contributed by atoms with Crippen LogP contribution in [0.3, 0.4) is 0 Å². The van der Waals surface area contributed by atoms with Crippen LogP contribution < -0.4 is 5.32 Å². The Labute approximate surface area is 110 Å². The van der Waals surface area contributed by atoms with Crippen LogP contribution in [0.5, 0.6) is 0 Å². The summed E-state index contributed by atoms with van der Waals surface area (Å²) in [5.41, 5.74) is -1.11. The first-order valence-corrected chi connectivity index (χ1v) is 6.29. The molecule has 0 aromatic heterocycles. The van der Waals surface area contributed by atoms with Crippen LogP contribution in [0.15, 0.2) is 12.1 Å². The zero-order chi connectivity index (χ0) is 14.2. The van der Waals surface area contributed by atoms with Gasteiger partial charge in [-0.2, -0.15) is 0 Å². The highest BCUT2D eigenvalue weighted by atomic mass is 19.2. The molecule has 1 N–H and O–H groups in total. The van der Waals surface area contributed by atoms with Gasteiger partial charge in [0.1, 0.15) is 0 Å². The van der Waals surface area contributed by atoms with Crippen molar-refractivity contribution in [2.24, 2.45) is 11.3 Å². The molecule has 0 saturated carbocycles. The Morgan fingerprint density at radius 1 is 1.26 bits per heavy atom. The number of carbonyl (C=O) groups is 1. The van der Waals surface area contributed by atoms with E-state index in [0.717, 1.165) is 12.1 Å². The monoisotopic (exact) mass is 271 g/mol. The van der Waals surface area contributed by atoms with Gasteiger partial charge in [-0.25, -0.2) is 13.2 Å². The number of halogens is 3. The lowest BCUT2D eigenvalue weighted by Crippen LogP contribution is -2.39. The number of nitrogens with one attached hydrogen (secondary N) is 1. The van der Waals surface area contributed by atoms with E-state index in [4.69, 9.17) is 0 Å². The summed E-state index contributed by atoms with van der Waals surface area (Å²) >= 11 is 0. The summed E-state index contributed by atoms with van der Waals surface area (Å²) in [5.74, 6) is -4.73. The molecular weight excluding hydrogens is 255 g/mol. The van der Waals surface area contributed by atoms with Crippen LogP contribution in [-0.4, -0.2) is 18.9 Å². The van der Waals surface area contributed by atoms with Gasteiger partial charge >= 0.3 is 0 Å². The maximum Gasteiger partial charge on any atom is 0.195 e. The highest BCUT2D eigenvalue weighted by Gasteiger charge is 2.45. The average Bonchev–Trinajstić information content (AvgIpc) is 2.86. The Balaban J connectivity index is 2.47. The third-order valence-electron chi connectivity index (χ3n) is 4.03. The van der Waals surface area contributed by atoms with E-state index in [2.05, 4.69) is 5.32 Å². The van der Waals surface area contributed by atoms with E-state index in [1.54, 1.807) is 0 Å². The second-order valence-corrected chi connectivity index (χ2v) is 5.29. The average molecular weight is 271 g/mol. The molecule has 0 radical (unpaired) electrons. The summed E-state index contributed by atoms with van der Waals surface area (Å²) in [6, 6.07) is 1.82. The van der Waals surface area contributed by atoms with Crippen LogP contribution in [-0.2, 0) is 0 Å². The Morgan fingerprint density at radius 2 is 1.95 bits per heavy atom. The maximum absolute atomic E-state index is 13.7. The van der Waals surface area contributed by atoms with E-state index >= 15 is 0 Å². The van der Waals surface area contributed by atoms with E-state index < -0.39 is 28.6 Å². The number of hydrogen-bond acceptors (Lipinski definition) is 2. The minimum Gasteiger partial charge on any atom is -0.316 e. The fraction of sp³-hybridized carbons (Fsp3) is 0.500. The summed E-state index contributed by atoms with van der Waals surface area (Å²) in [7, 11) is 0. The fourth-order valence-corrected chi connectivity index (χ4v) is 2.63. The molecule has 1 fully saturated rings. The molecule has 5 heteroatoms. The maximum atomic E-state index is 13.7. The molecule has 1 aliphatic rings. The van der Waals surface area contributed by atoms with Gasteiger partial charge in [0.25, 0.3) is 0 Å². The Morgan fingerprint density at radius 3 is 2.47 bits per heavy atom. The number of rotatable bonds is 3. The first kappa shape index (κ1) is 14.1. The highest BCUT2D eigenvalue weighted by molar-refractivity contribution is 6.01. The molecule has 1 heterocycles. The minimum absolute atomic E-state index is 0.0116. The molecule has 19 heavy (non-hydrogen) atoms. The summed E-state index contributed by atoms with van der Waals surface area (Å²) < 4.78 is 39.9. The third kappa shape index (κ3) is 2.16. The van der Waals surface area contributed by atoms with E-state index in [-0.39, 0.29) is 11.5 Å². The Bertz CT molecular complexity index is 508. The van der Waals surface area contributed by atoms with Crippen molar-refractivity contribution in [3.63, 3.8) is 0 Å². The van der Waals surface area contributed by atoms with Crippen LogP contribution in [0, 0.1) is 28.8 Å². The van der Waals surface area contributed by atoms with Gasteiger partial charge in [-0.3, -0.25) is 4.79 Å². The lowest BCUT2D eigenvalue weighted by molar-refractivity contribution is 0.0734. The van der Waals surface area contributed by atoms with Gasteiger partial charge < -0.3 is 5.32 Å². The molecule has 0 bridgehead atoms. The smallest absolute Gasteiger partial charge is 0.195 e. The van der Waals surface area contributed by atoms with Gasteiger partial charge in [0.2, 0.25) is 0 Å². The number of Topliss-reactive ketones (excluding diaryl/α,β-unsaturated/α-hetero) is 1. The Kier molecular flexibility index (Phi) is 3.67. The van der Waals surface area contributed by atoms with Crippen molar-refractivity contribution in [2.45, 2.75) is 20.3 Å². The minimum atomic E-state index is -1.59. The third-order valence-corrected chi connectivity index (χ3v) is 4.03. The van der Waals surface area contributed by atoms with E-state index in [9.17, 15) is 18.0 Å². The van der Waals surface area contributed by atoms with Crippen molar-refractivity contribution in [1.82, 2.24) is 5.32 Å². The van der Waals surface area contributed by atoms with Gasteiger partial charge in [0.05, 0.1) is 5.56 Å². The summed E-state index contributed by atoms with van der Waals surface area (Å²) in [6.07, 6.45) is 0.571. The quantitative estimate of drug-likeness (QED) is 0.676. The standard InChI is InChI=1S/C14H16F3NO/c1-8(2)14(5-6-18-7-14)13(19)9-3-4-10(15)12(17)11(9)16/h3-4,8,18H,5-7H2,1-2H3. The predicted octanol–water partition coefficient (Wildman–Crippen LogP) is 2.92. The molecular formula is C14H16F3NO. The second kappa shape index (κ2) is 4.96. The topological polar surface area (TPSA) is 29.1 Å². The fourth-order valence-electron chi connectivity index (χ4n) is 2.63. The van der Waals surface area contributed by atoms with Crippen molar-refractivity contribution in [3.8, 4) is 0 Å². The van der Waals surface area contributed by atoms with Crippen LogP contribution in [0.2, 0.25) is 0 Å². The van der Waals surface area contributed by atoms with Crippen molar-refractivity contribution >= 4 is 5.78 Å². The molecule has 1 aliphatic heterocycles. The predicted molar refractivity (Wildman–Crippen MR) is 65.4 cm³/mol. The SMILES string of the molecule is CC(C)C1(C(=O)c2ccc(F)c(F)c2F)CCNC1. The van der Waals surface area contributed by atoms with Crippen LogP contribution in [0.4, 0.5) is 13.2 Å². The summed E-state index contributed by atoms with van der Waals surface area (Å²) in [4.78, 5) is 12.5. The molecule has 0 aliphatic carbocycles. The van der Waals surface area contributed by atoms with Crippen molar-refractivity contribution in [3.05, 3.63) is 35.1 Å². The molecule has 104 valence electrons. The Hall–Kier alpha value is -1.36. The number of benzene rings is 1. The normalized spacial score (nSPS) is 23.1. The zero-order valence-electron chi connectivity index (χ0n) is 10.9. The number of hydrogen-bond donors (Lipinski definition) is 1. The first-order valence-electron chi connectivity index (χ1n) is 6.29. The lowest BCUT2D eigenvalue weighted by Gasteiger charge is -2.31. The molecule has 1 aromatic rings. The molecule has 1 unspecified atom stereocenters. The molecule has 1 atom stereocenters. The zero-order valence-corrected chi connectivity index (χ0v) is 10.9. The van der Waals surface area contributed by atoms with Crippen LogP contribution >= 0.6 is 0 Å². The number of carbonyl (C=O) groups excluding carboxylic acids is 1. The number of ketones is 1. The van der Waals surface area contributed by atoms with E-state index in [0.29, 0.717) is 19.5 Å². The highest BCUT2D eigenvalue weighted by Crippen LogP contribution is 2.38. The molecule has 0 spiro atoms. The van der Waals surface area contributed by atoms with E-state index in [1.165, 1.54) is 0 Å². The lowest BCUT2D eigenvalue weighted by atomic mass is 9.71. The summed E-state index contributed by atoms with van der Waals surface area (Å²) in [6.45, 7) is 4.85. The van der Waals surface area contributed by atoms with E-state index in [1.807, 2.05) is 13.8 Å². The van der Waals surface area contributed by atoms with Gasteiger partial charge in [-0.1, -0.05) is 13.8 Å². The van der Waals surface area contributed by atoms with Gasteiger partial charge in [0.15, 0.2) is 23.2 Å². The first-order chi connectivity index (χ1) is 8.90. The van der Waals surface area contributed by atoms with Gasteiger partial charge in [-0.15, -0.1) is 0 Å². The summed E-state index contributed by atoms with van der Waals surface area (Å²) in [5, 5.41) is 3.08. The van der Waals surface area contributed by atoms with Crippen molar-refractivity contribution < 1.29 is 18.0 Å². The van der Waals surface area contributed by atoms with Crippen LogP contribution in [0.1, 0.15) is 30.6 Å². The molecule has 2 rings (SSSR count). The van der Waals surface area contributed by atoms with Gasteiger partial charge in [-0.05, 0) is 31.0 Å². The molecule has 1 aromatic carbocycles. The van der Waals surface area contributed by atoms with Gasteiger partial charge in [0, 0.05) is 12.0 Å². The van der Waals surface area contributed by atoms with Crippen molar-refractivity contribution in [2.75, 3.05) is 13.1 Å². The molecule has 0 amide bonds. The van der Waals surface area contributed by atoms with Crippen LogP contribution in [0.25, 0.3) is 0 Å². The van der Waals surface area contributed by atoms with Crippen molar-refractivity contribution in [1.29, 1.82) is 0 Å². The molecule has 1 saturated heterocycles. The largest absolute Gasteiger partial charge is 0.316 e. The second-order valence-electron chi connectivity index (χ2n) is 5.29. The molecule has 2 nitrogen and oxygen atoms in total.